The van der Waals surface area contributed by atoms with Gasteiger partial charge in [0.2, 0.25) is 0 Å². The minimum absolute atomic E-state index is 0.396. The lowest BCUT2D eigenvalue weighted by Crippen LogP contribution is -2.51. The molecule has 0 aliphatic carbocycles. The fraction of sp³-hybridized carbons (Fsp3) is 0.278. The van der Waals surface area contributed by atoms with Crippen LogP contribution in [0.5, 0.6) is 0 Å². The number of fused-ring (bicyclic) bond motifs is 1. The van der Waals surface area contributed by atoms with Crippen molar-refractivity contribution >= 4 is 34.7 Å². The molecule has 1 aromatic heterocycles. The van der Waals surface area contributed by atoms with E-state index in [0.29, 0.717) is 22.9 Å². The molecule has 4 rings (SSSR count). The molecule has 0 atom stereocenters. The fourth-order valence-corrected chi connectivity index (χ4v) is 3.49. The number of ketones is 1. The maximum atomic E-state index is 12.3. The van der Waals surface area contributed by atoms with Crippen molar-refractivity contribution in [1.82, 2.24) is 9.88 Å². The summed E-state index contributed by atoms with van der Waals surface area (Å²) >= 11 is 5.95. The van der Waals surface area contributed by atoms with Crippen molar-refractivity contribution in [3.63, 3.8) is 0 Å². The van der Waals surface area contributed by atoms with Crippen LogP contribution in [0.3, 0.4) is 0 Å². The minimum Gasteiger partial charge on any atom is -0.369 e. The van der Waals surface area contributed by atoms with Crippen molar-refractivity contribution in [3.8, 4) is 0 Å². The molecule has 7 heteroatoms. The molecule has 1 amide bonds. The van der Waals surface area contributed by atoms with Crippen LogP contribution in [0.1, 0.15) is 10.4 Å². The van der Waals surface area contributed by atoms with Gasteiger partial charge in [0.15, 0.2) is 0 Å². The second kappa shape index (κ2) is 6.46. The number of carbonyl (C=O) groups is 2. The van der Waals surface area contributed by atoms with Gasteiger partial charge in [-0.15, -0.1) is 0 Å². The standard InChI is InChI=1S/C18H17ClN4O2/c19-13-1-2-16-15(11-13)17(24)18(25)23(16)12-21-7-9-22(10-8-21)14-3-5-20-6-4-14/h1-6,11H,7-10,12H2. The number of halogens is 1. The van der Waals surface area contributed by atoms with Crippen LogP contribution in [0, 0.1) is 0 Å². The van der Waals surface area contributed by atoms with Gasteiger partial charge in [-0.1, -0.05) is 11.6 Å². The summed E-state index contributed by atoms with van der Waals surface area (Å²) in [6.45, 7) is 3.80. The molecular formula is C18H17ClN4O2. The van der Waals surface area contributed by atoms with E-state index in [1.165, 1.54) is 0 Å². The van der Waals surface area contributed by atoms with Gasteiger partial charge in [0.25, 0.3) is 5.78 Å². The van der Waals surface area contributed by atoms with Crippen molar-refractivity contribution in [2.75, 3.05) is 42.6 Å². The maximum Gasteiger partial charge on any atom is 0.300 e. The van der Waals surface area contributed by atoms with Crippen molar-refractivity contribution in [2.45, 2.75) is 0 Å². The fourth-order valence-electron chi connectivity index (χ4n) is 3.32. The van der Waals surface area contributed by atoms with Crippen molar-refractivity contribution in [2.24, 2.45) is 0 Å². The topological polar surface area (TPSA) is 56.8 Å². The number of carbonyl (C=O) groups excluding carboxylic acids is 2. The molecular weight excluding hydrogens is 340 g/mol. The molecule has 25 heavy (non-hydrogen) atoms. The van der Waals surface area contributed by atoms with E-state index in [1.807, 2.05) is 12.1 Å². The molecule has 2 aromatic rings. The number of Topliss-reactive ketones (excluding diaryl/α,β-unsaturated/α-hetero) is 1. The van der Waals surface area contributed by atoms with Gasteiger partial charge < -0.3 is 4.90 Å². The lowest BCUT2D eigenvalue weighted by atomic mass is 10.1. The summed E-state index contributed by atoms with van der Waals surface area (Å²) in [4.78, 5) is 34.6. The Kier molecular flexibility index (Phi) is 4.15. The molecule has 0 N–H and O–H groups in total. The first kappa shape index (κ1) is 16.1. The summed E-state index contributed by atoms with van der Waals surface area (Å²) < 4.78 is 0. The predicted molar refractivity (Wildman–Crippen MR) is 96.2 cm³/mol. The van der Waals surface area contributed by atoms with Gasteiger partial charge in [-0.3, -0.25) is 24.4 Å². The molecule has 128 valence electrons. The number of benzene rings is 1. The summed E-state index contributed by atoms with van der Waals surface area (Å²) in [5.41, 5.74) is 2.20. The summed E-state index contributed by atoms with van der Waals surface area (Å²) in [6, 6.07) is 9.02. The van der Waals surface area contributed by atoms with E-state index in [9.17, 15) is 9.59 Å². The number of hydrogen-bond acceptors (Lipinski definition) is 5. The van der Waals surface area contributed by atoms with E-state index < -0.39 is 11.7 Å². The Bertz CT molecular complexity index is 819. The first-order chi connectivity index (χ1) is 12.1. The normalized spacial score (nSPS) is 18.0. The Labute approximate surface area is 150 Å². The highest BCUT2D eigenvalue weighted by Gasteiger charge is 2.37. The van der Waals surface area contributed by atoms with Crippen molar-refractivity contribution < 1.29 is 9.59 Å². The van der Waals surface area contributed by atoms with E-state index >= 15 is 0 Å². The van der Waals surface area contributed by atoms with Crippen LogP contribution in [0.25, 0.3) is 0 Å². The molecule has 1 fully saturated rings. The molecule has 0 bridgehead atoms. The number of nitrogens with zero attached hydrogens (tertiary/aromatic N) is 4. The highest BCUT2D eigenvalue weighted by atomic mass is 35.5. The molecule has 3 heterocycles. The van der Waals surface area contributed by atoms with Crippen LogP contribution in [0.15, 0.2) is 42.7 Å². The Morgan fingerprint density at radius 1 is 1.00 bits per heavy atom. The van der Waals surface area contributed by atoms with Gasteiger partial charge in [-0.25, -0.2) is 0 Å². The third-order valence-corrected chi connectivity index (χ3v) is 4.91. The third-order valence-electron chi connectivity index (χ3n) is 4.68. The summed E-state index contributed by atoms with van der Waals surface area (Å²) in [5, 5.41) is 0.465. The predicted octanol–water partition coefficient (Wildman–Crippen LogP) is 2.04. The smallest absolute Gasteiger partial charge is 0.300 e. The highest BCUT2D eigenvalue weighted by Crippen LogP contribution is 2.31. The lowest BCUT2D eigenvalue weighted by Gasteiger charge is -2.37. The van der Waals surface area contributed by atoms with Gasteiger partial charge in [-0.2, -0.15) is 0 Å². The zero-order valence-electron chi connectivity index (χ0n) is 13.6. The number of pyridine rings is 1. The summed E-state index contributed by atoms with van der Waals surface area (Å²) in [5.74, 6) is -0.957. The minimum atomic E-state index is -0.479. The van der Waals surface area contributed by atoms with Crippen LogP contribution in [0.4, 0.5) is 11.4 Å². The van der Waals surface area contributed by atoms with Crippen LogP contribution in [-0.4, -0.2) is 54.4 Å². The number of amides is 1. The second-order valence-corrected chi connectivity index (χ2v) is 6.61. The SMILES string of the molecule is O=C1C(=O)N(CN2CCN(c3ccncc3)CC2)c2ccc(Cl)cc21. The van der Waals surface area contributed by atoms with Crippen molar-refractivity contribution in [1.29, 1.82) is 0 Å². The molecule has 1 aromatic carbocycles. The molecule has 6 nitrogen and oxygen atoms in total. The summed E-state index contributed by atoms with van der Waals surface area (Å²) in [7, 11) is 0. The van der Waals surface area contributed by atoms with E-state index in [1.54, 1.807) is 35.5 Å². The van der Waals surface area contributed by atoms with E-state index in [-0.39, 0.29) is 0 Å². The zero-order valence-corrected chi connectivity index (χ0v) is 14.3. The van der Waals surface area contributed by atoms with Gasteiger partial charge >= 0.3 is 5.91 Å². The second-order valence-electron chi connectivity index (χ2n) is 6.18. The van der Waals surface area contributed by atoms with Crippen LogP contribution < -0.4 is 9.80 Å². The van der Waals surface area contributed by atoms with Crippen LogP contribution in [0.2, 0.25) is 5.02 Å². The Hall–Kier alpha value is -2.44. The Morgan fingerprint density at radius 3 is 2.44 bits per heavy atom. The van der Waals surface area contributed by atoms with Crippen LogP contribution in [-0.2, 0) is 4.79 Å². The van der Waals surface area contributed by atoms with Gasteiger partial charge in [0.05, 0.1) is 17.9 Å². The molecule has 0 spiro atoms. The number of rotatable bonds is 3. The first-order valence-electron chi connectivity index (χ1n) is 8.16. The lowest BCUT2D eigenvalue weighted by molar-refractivity contribution is -0.114. The number of anilines is 2. The van der Waals surface area contributed by atoms with Crippen LogP contribution >= 0.6 is 11.6 Å². The quantitative estimate of drug-likeness (QED) is 0.788. The Morgan fingerprint density at radius 2 is 1.72 bits per heavy atom. The molecule has 0 saturated carbocycles. The molecule has 2 aliphatic heterocycles. The van der Waals surface area contributed by atoms with Crippen molar-refractivity contribution in [3.05, 3.63) is 53.3 Å². The summed E-state index contributed by atoms with van der Waals surface area (Å²) in [6.07, 6.45) is 3.58. The molecule has 2 aliphatic rings. The number of hydrogen-bond donors (Lipinski definition) is 0. The average Bonchev–Trinajstić information content (AvgIpc) is 2.88. The third kappa shape index (κ3) is 2.99. The molecule has 0 unspecified atom stereocenters. The first-order valence-corrected chi connectivity index (χ1v) is 8.54. The van der Waals surface area contributed by atoms with E-state index in [2.05, 4.69) is 14.8 Å². The van der Waals surface area contributed by atoms with Gasteiger partial charge in [-0.05, 0) is 30.3 Å². The molecule has 0 radical (unpaired) electrons. The maximum absolute atomic E-state index is 12.3. The van der Waals surface area contributed by atoms with Gasteiger partial charge in [0, 0.05) is 49.3 Å². The number of aromatic nitrogens is 1. The molecule has 1 saturated heterocycles. The number of piperazine rings is 1. The van der Waals surface area contributed by atoms with E-state index in [4.69, 9.17) is 11.6 Å². The highest BCUT2D eigenvalue weighted by molar-refractivity contribution is 6.52. The van der Waals surface area contributed by atoms with E-state index in [0.717, 1.165) is 31.9 Å². The zero-order chi connectivity index (χ0) is 17.4. The largest absolute Gasteiger partial charge is 0.369 e. The Balaban J connectivity index is 1.44. The average molecular weight is 357 g/mol. The monoisotopic (exact) mass is 356 g/mol. The van der Waals surface area contributed by atoms with Gasteiger partial charge in [0.1, 0.15) is 0 Å².